The molecule has 0 saturated heterocycles. The number of amides is 1. The fourth-order valence-electron chi connectivity index (χ4n) is 2.39. The molecule has 9 heteroatoms. The summed E-state index contributed by atoms with van der Waals surface area (Å²) >= 11 is 3.14. The molecule has 7 nitrogen and oxygen atoms in total. The average molecular weight is 449 g/mol. The Balaban J connectivity index is 1.67. The average Bonchev–Trinajstić information content (AvgIpc) is 3.12. The molecule has 0 fully saturated rings. The van der Waals surface area contributed by atoms with Crippen molar-refractivity contribution in [2.75, 3.05) is 5.32 Å². The highest BCUT2D eigenvalue weighted by Gasteiger charge is 2.17. The maximum atomic E-state index is 13.8. The summed E-state index contributed by atoms with van der Waals surface area (Å²) in [6.45, 7) is 1.63. The minimum absolute atomic E-state index is 0.0117. The van der Waals surface area contributed by atoms with Gasteiger partial charge < -0.3 is 14.5 Å². The van der Waals surface area contributed by atoms with Crippen LogP contribution in [0.2, 0.25) is 0 Å². The summed E-state index contributed by atoms with van der Waals surface area (Å²) in [5.41, 5.74) is 0.587. The molecule has 0 unspecified atom stereocenters. The van der Waals surface area contributed by atoms with Crippen molar-refractivity contribution in [1.82, 2.24) is 0 Å². The number of benzene rings is 2. The fraction of sp³-hybridized carbons (Fsp3) is 0.105. The second-order valence-electron chi connectivity index (χ2n) is 5.86. The predicted molar refractivity (Wildman–Crippen MR) is 103 cm³/mol. The van der Waals surface area contributed by atoms with Crippen LogP contribution in [0.4, 0.5) is 15.8 Å². The number of nitrogens with zero attached hydrogens (tertiary/aromatic N) is 1. The van der Waals surface area contributed by atoms with Crippen molar-refractivity contribution in [1.29, 1.82) is 0 Å². The monoisotopic (exact) mass is 448 g/mol. The molecule has 1 aromatic heterocycles. The van der Waals surface area contributed by atoms with Gasteiger partial charge in [0.25, 0.3) is 5.91 Å². The van der Waals surface area contributed by atoms with Gasteiger partial charge in [-0.3, -0.25) is 14.9 Å². The van der Waals surface area contributed by atoms with Crippen molar-refractivity contribution in [3.8, 4) is 5.75 Å². The first-order valence-corrected chi connectivity index (χ1v) is 8.86. The lowest BCUT2D eigenvalue weighted by molar-refractivity contribution is -0.386. The predicted octanol–water partition coefficient (Wildman–Crippen LogP) is 5.23. The number of nitro groups is 1. The van der Waals surface area contributed by atoms with Crippen LogP contribution >= 0.6 is 15.9 Å². The van der Waals surface area contributed by atoms with Gasteiger partial charge in [0.1, 0.15) is 18.2 Å². The molecular formula is C19H14BrFN2O5. The second kappa shape index (κ2) is 8.22. The topological polar surface area (TPSA) is 94.6 Å². The van der Waals surface area contributed by atoms with Gasteiger partial charge in [0.2, 0.25) is 0 Å². The van der Waals surface area contributed by atoms with E-state index in [9.17, 15) is 19.3 Å². The van der Waals surface area contributed by atoms with E-state index in [1.807, 2.05) is 0 Å². The summed E-state index contributed by atoms with van der Waals surface area (Å²) in [7, 11) is 0. The number of halogens is 2. The lowest BCUT2D eigenvalue weighted by Crippen LogP contribution is -2.12. The number of hydrogen-bond acceptors (Lipinski definition) is 5. The highest BCUT2D eigenvalue weighted by Crippen LogP contribution is 2.28. The molecule has 0 atom stereocenters. The van der Waals surface area contributed by atoms with Crippen LogP contribution in [0.3, 0.4) is 0 Å². The van der Waals surface area contributed by atoms with Gasteiger partial charge in [-0.25, -0.2) is 4.39 Å². The summed E-state index contributed by atoms with van der Waals surface area (Å²) in [6, 6.07) is 11.8. The molecule has 2 aromatic carbocycles. The van der Waals surface area contributed by atoms with Crippen LogP contribution in [0.15, 0.2) is 57.4 Å². The van der Waals surface area contributed by atoms with Gasteiger partial charge in [0, 0.05) is 10.5 Å². The summed E-state index contributed by atoms with van der Waals surface area (Å²) in [6.07, 6.45) is 0. The Morgan fingerprint density at radius 3 is 2.75 bits per heavy atom. The van der Waals surface area contributed by atoms with E-state index >= 15 is 0 Å². The van der Waals surface area contributed by atoms with Crippen molar-refractivity contribution in [2.45, 2.75) is 13.5 Å². The van der Waals surface area contributed by atoms with Gasteiger partial charge in [0.15, 0.2) is 11.5 Å². The number of nitro benzene ring substituents is 1. The van der Waals surface area contributed by atoms with Crippen LogP contribution < -0.4 is 10.1 Å². The molecular weight excluding hydrogens is 435 g/mol. The quantitative estimate of drug-likeness (QED) is 0.411. The van der Waals surface area contributed by atoms with Crippen LogP contribution in [0.5, 0.6) is 5.75 Å². The Bertz CT molecular complexity index is 1050. The van der Waals surface area contributed by atoms with Crippen LogP contribution in [-0.4, -0.2) is 10.8 Å². The van der Waals surface area contributed by atoms with Crippen LogP contribution in [0.1, 0.15) is 21.9 Å². The minimum atomic E-state index is -0.631. The molecule has 0 saturated carbocycles. The van der Waals surface area contributed by atoms with Crippen molar-refractivity contribution in [3.05, 3.63) is 86.0 Å². The summed E-state index contributed by atoms with van der Waals surface area (Å²) < 4.78 is 25.2. The second-order valence-corrected chi connectivity index (χ2v) is 6.78. The summed E-state index contributed by atoms with van der Waals surface area (Å²) in [4.78, 5) is 22.8. The molecule has 0 aliphatic rings. The molecule has 0 aliphatic carbocycles. The third kappa shape index (κ3) is 4.55. The van der Waals surface area contributed by atoms with E-state index in [-0.39, 0.29) is 35.3 Å². The van der Waals surface area contributed by atoms with Crippen LogP contribution in [-0.2, 0) is 6.61 Å². The Morgan fingerprint density at radius 1 is 1.25 bits per heavy atom. The lowest BCUT2D eigenvalue weighted by Gasteiger charge is -2.06. The van der Waals surface area contributed by atoms with E-state index in [0.717, 1.165) is 5.56 Å². The number of aryl methyl sites for hydroxylation is 1. The van der Waals surface area contributed by atoms with E-state index in [1.54, 1.807) is 19.1 Å². The Hall–Kier alpha value is -3.20. The Morgan fingerprint density at radius 2 is 2.04 bits per heavy atom. The van der Waals surface area contributed by atoms with Crippen LogP contribution in [0, 0.1) is 22.9 Å². The maximum absolute atomic E-state index is 13.8. The van der Waals surface area contributed by atoms with Gasteiger partial charge in [0.05, 0.1) is 10.6 Å². The van der Waals surface area contributed by atoms with Crippen molar-refractivity contribution >= 4 is 33.2 Å². The molecule has 144 valence electrons. The molecule has 1 N–H and O–H groups in total. The zero-order valence-corrected chi connectivity index (χ0v) is 16.2. The van der Waals surface area contributed by atoms with Gasteiger partial charge >= 0.3 is 5.69 Å². The highest BCUT2D eigenvalue weighted by molar-refractivity contribution is 9.10. The number of nitrogens with one attached hydrogen (secondary N) is 1. The van der Waals surface area contributed by atoms with Crippen LogP contribution in [0.25, 0.3) is 0 Å². The van der Waals surface area contributed by atoms with E-state index in [1.165, 1.54) is 36.4 Å². The van der Waals surface area contributed by atoms with Gasteiger partial charge in [-0.1, -0.05) is 22.0 Å². The first-order valence-electron chi connectivity index (χ1n) is 8.06. The SMILES string of the molecule is Cc1ccc(OCc2ccc(C(=O)Nc3ccc(Br)cc3F)o2)c([N+](=O)[O-])c1. The van der Waals surface area contributed by atoms with Crippen molar-refractivity contribution < 1.29 is 23.3 Å². The molecule has 0 spiro atoms. The highest BCUT2D eigenvalue weighted by atomic mass is 79.9. The van der Waals surface area contributed by atoms with Gasteiger partial charge in [-0.2, -0.15) is 0 Å². The standard InChI is InChI=1S/C19H14BrFN2O5/c1-11-2-6-17(16(8-11)23(25)26)27-10-13-4-7-18(28-13)19(24)22-15-5-3-12(20)9-14(15)21/h2-9H,10H2,1H3,(H,22,24). The van der Waals surface area contributed by atoms with E-state index in [4.69, 9.17) is 9.15 Å². The number of hydrogen-bond donors (Lipinski definition) is 1. The maximum Gasteiger partial charge on any atom is 0.311 e. The molecule has 0 bridgehead atoms. The molecule has 3 rings (SSSR count). The zero-order valence-electron chi connectivity index (χ0n) is 14.6. The number of anilines is 1. The van der Waals surface area contributed by atoms with Crippen molar-refractivity contribution in [3.63, 3.8) is 0 Å². The number of carbonyl (C=O) groups is 1. The molecule has 28 heavy (non-hydrogen) atoms. The zero-order chi connectivity index (χ0) is 20.3. The van der Waals surface area contributed by atoms with Gasteiger partial charge in [-0.15, -0.1) is 0 Å². The van der Waals surface area contributed by atoms with Crippen molar-refractivity contribution in [2.24, 2.45) is 0 Å². The number of rotatable bonds is 6. The molecule has 0 radical (unpaired) electrons. The lowest BCUT2D eigenvalue weighted by atomic mass is 10.2. The molecule has 3 aromatic rings. The third-order valence-electron chi connectivity index (χ3n) is 3.75. The number of carbonyl (C=O) groups excluding carboxylic acids is 1. The van der Waals surface area contributed by atoms with E-state index < -0.39 is 16.6 Å². The fourth-order valence-corrected chi connectivity index (χ4v) is 2.73. The minimum Gasteiger partial charge on any atom is -0.479 e. The smallest absolute Gasteiger partial charge is 0.311 e. The molecule has 0 aliphatic heterocycles. The first-order chi connectivity index (χ1) is 13.3. The van der Waals surface area contributed by atoms with E-state index in [0.29, 0.717) is 4.47 Å². The largest absolute Gasteiger partial charge is 0.479 e. The number of furan rings is 1. The third-order valence-corrected chi connectivity index (χ3v) is 4.24. The molecule has 1 amide bonds. The Kier molecular flexibility index (Phi) is 5.74. The summed E-state index contributed by atoms with van der Waals surface area (Å²) in [5, 5.41) is 13.5. The number of ether oxygens (including phenoxy) is 1. The summed E-state index contributed by atoms with van der Waals surface area (Å²) in [5.74, 6) is -0.885. The first kappa shape index (κ1) is 19.6. The normalized spacial score (nSPS) is 10.5. The Labute approximate surface area is 167 Å². The van der Waals surface area contributed by atoms with Gasteiger partial charge in [-0.05, 0) is 48.9 Å². The molecule has 1 heterocycles. The van der Waals surface area contributed by atoms with E-state index in [2.05, 4.69) is 21.2 Å².